The van der Waals surface area contributed by atoms with Crippen molar-refractivity contribution in [1.82, 2.24) is 20.2 Å². The Balaban J connectivity index is 0.00000153. The Morgan fingerprint density at radius 1 is 1.21 bits per heavy atom. The molecule has 2 aromatic heterocycles. The Hall–Kier alpha value is -1.71. The molecule has 10 heteroatoms. The van der Waals surface area contributed by atoms with Crippen LogP contribution in [0.3, 0.4) is 0 Å². The molecule has 0 aromatic carbocycles. The molecule has 0 radical (unpaired) electrons. The van der Waals surface area contributed by atoms with E-state index in [9.17, 15) is 15.0 Å². The number of aryl methyl sites for hydroxylation is 2. The Morgan fingerprint density at radius 2 is 2.00 bits per heavy atom. The molecule has 1 aliphatic carbocycles. The summed E-state index contributed by atoms with van der Waals surface area (Å²) < 4.78 is 5.97. The third-order valence-electron chi connectivity index (χ3n) is 7.38. The normalized spacial score (nSPS) is 30.6. The zero-order chi connectivity index (χ0) is 21.5. The van der Waals surface area contributed by atoms with Crippen LogP contribution in [0.2, 0.25) is 0 Å². The summed E-state index contributed by atoms with van der Waals surface area (Å²) in [6.45, 7) is 4.27. The van der Waals surface area contributed by atoms with E-state index in [2.05, 4.69) is 15.3 Å². The van der Waals surface area contributed by atoms with Gasteiger partial charge < -0.3 is 24.8 Å². The van der Waals surface area contributed by atoms with Crippen molar-refractivity contribution in [3.63, 3.8) is 0 Å². The number of oxazole rings is 1. The van der Waals surface area contributed by atoms with Gasteiger partial charge in [-0.25, -0.2) is 4.98 Å². The standard InChI is InChI=1S/C23H30N4O4.2ClH/c1-13-20(15-10-25-11-16(15)22(29)21(13)28)23(30)27-8-6-18-17(12-27)26-19(31-18)5-4-14-3-2-7-24-9-14;;/h2-3,7,9,13,15-16,20-22,25,28-29H,4-6,8,10-12H2,1H3;2*1H/t13-,15+,16+,20+,21+,22+;;/m1../s1. The second kappa shape index (κ2) is 10.7. The van der Waals surface area contributed by atoms with Crippen LogP contribution in [-0.4, -0.2) is 62.8 Å². The lowest BCUT2D eigenvalue weighted by Gasteiger charge is -2.45. The number of carbonyl (C=O) groups is 1. The predicted molar refractivity (Wildman–Crippen MR) is 126 cm³/mol. The second-order valence-electron chi connectivity index (χ2n) is 9.20. The fourth-order valence-electron chi connectivity index (χ4n) is 5.62. The zero-order valence-corrected chi connectivity index (χ0v) is 20.2. The number of aliphatic hydroxyl groups is 2. The molecule has 8 nitrogen and oxygen atoms in total. The van der Waals surface area contributed by atoms with Crippen LogP contribution in [0.1, 0.15) is 29.8 Å². The molecular weight excluding hydrogens is 467 g/mol. The molecule has 0 spiro atoms. The Labute approximate surface area is 206 Å². The lowest BCUT2D eigenvalue weighted by atomic mass is 9.65. The minimum Gasteiger partial charge on any atom is -0.445 e. The van der Waals surface area contributed by atoms with Crippen LogP contribution in [0.5, 0.6) is 0 Å². The highest BCUT2D eigenvalue weighted by Crippen LogP contribution is 2.42. The summed E-state index contributed by atoms with van der Waals surface area (Å²) in [5.74, 6) is 1.03. The number of pyridine rings is 1. The summed E-state index contributed by atoms with van der Waals surface area (Å²) in [6.07, 6.45) is 4.13. The summed E-state index contributed by atoms with van der Waals surface area (Å²) in [5.41, 5.74) is 1.98. The number of rotatable bonds is 4. The smallest absolute Gasteiger partial charge is 0.226 e. The van der Waals surface area contributed by atoms with Crippen LogP contribution in [0.4, 0.5) is 0 Å². The number of carbonyl (C=O) groups excluding carboxylic acids is 1. The summed E-state index contributed by atoms with van der Waals surface area (Å²) >= 11 is 0. The first-order valence-corrected chi connectivity index (χ1v) is 11.2. The van der Waals surface area contributed by atoms with Gasteiger partial charge in [0.2, 0.25) is 5.91 Å². The molecule has 0 bridgehead atoms. The van der Waals surface area contributed by atoms with E-state index in [1.54, 1.807) is 6.20 Å². The molecule has 182 valence electrons. The van der Waals surface area contributed by atoms with Crippen molar-refractivity contribution in [2.45, 2.75) is 44.9 Å². The van der Waals surface area contributed by atoms with Crippen LogP contribution < -0.4 is 5.32 Å². The van der Waals surface area contributed by atoms with Crippen LogP contribution >= 0.6 is 24.8 Å². The third-order valence-corrected chi connectivity index (χ3v) is 7.38. The van der Waals surface area contributed by atoms with E-state index in [1.807, 2.05) is 30.2 Å². The maximum absolute atomic E-state index is 13.5. The van der Waals surface area contributed by atoms with E-state index in [-0.39, 0.29) is 54.4 Å². The highest BCUT2D eigenvalue weighted by atomic mass is 35.5. The van der Waals surface area contributed by atoms with Gasteiger partial charge in [0.25, 0.3) is 0 Å². The zero-order valence-electron chi connectivity index (χ0n) is 18.6. The molecule has 3 aliphatic rings. The number of aliphatic hydroxyl groups excluding tert-OH is 2. The van der Waals surface area contributed by atoms with E-state index in [0.717, 1.165) is 23.4 Å². The van der Waals surface area contributed by atoms with Crippen molar-refractivity contribution >= 4 is 30.7 Å². The topological polar surface area (TPSA) is 112 Å². The summed E-state index contributed by atoms with van der Waals surface area (Å²) in [4.78, 5) is 24.2. The van der Waals surface area contributed by atoms with Gasteiger partial charge in [-0.3, -0.25) is 9.78 Å². The van der Waals surface area contributed by atoms with E-state index >= 15 is 0 Å². The van der Waals surface area contributed by atoms with Gasteiger partial charge in [-0.2, -0.15) is 0 Å². The molecule has 1 amide bonds. The molecule has 6 atom stereocenters. The number of hydrogen-bond acceptors (Lipinski definition) is 7. The largest absolute Gasteiger partial charge is 0.445 e. The lowest BCUT2D eigenvalue weighted by molar-refractivity contribution is -0.156. The van der Waals surface area contributed by atoms with Gasteiger partial charge in [0, 0.05) is 50.2 Å². The van der Waals surface area contributed by atoms with Gasteiger partial charge in [-0.05, 0) is 36.4 Å². The monoisotopic (exact) mass is 498 g/mol. The Kier molecular flexibility index (Phi) is 8.40. The van der Waals surface area contributed by atoms with Crippen molar-refractivity contribution in [3.05, 3.63) is 47.4 Å². The quantitative estimate of drug-likeness (QED) is 0.583. The van der Waals surface area contributed by atoms with Gasteiger partial charge in [0.1, 0.15) is 11.5 Å². The number of amides is 1. The Bertz CT molecular complexity index is 944. The summed E-state index contributed by atoms with van der Waals surface area (Å²) in [7, 11) is 0. The predicted octanol–water partition coefficient (Wildman–Crippen LogP) is 1.41. The van der Waals surface area contributed by atoms with Gasteiger partial charge in [0.15, 0.2) is 5.89 Å². The molecule has 2 aliphatic heterocycles. The van der Waals surface area contributed by atoms with Gasteiger partial charge >= 0.3 is 0 Å². The fraction of sp³-hybridized carbons (Fsp3) is 0.609. The van der Waals surface area contributed by atoms with Crippen LogP contribution in [0.25, 0.3) is 0 Å². The van der Waals surface area contributed by atoms with Crippen molar-refractivity contribution in [3.8, 4) is 0 Å². The SMILES string of the molecule is C[C@H]1[C@H](O)[C@@H](O)[C@H]2CNC[C@@H]2[C@H]1C(=O)N1CCc2oc(CCc3cccnc3)nc2C1.Cl.Cl. The van der Waals surface area contributed by atoms with Crippen LogP contribution in [0.15, 0.2) is 28.9 Å². The number of fused-ring (bicyclic) bond motifs is 2. The van der Waals surface area contributed by atoms with Gasteiger partial charge in [-0.15, -0.1) is 24.8 Å². The maximum atomic E-state index is 13.5. The highest BCUT2D eigenvalue weighted by molar-refractivity contribution is 5.85. The number of hydrogen-bond donors (Lipinski definition) is 3. The number of nitrogens with one attached hydrogen (secondary N) is 1. The van der Waals surface area contributed by atoms with Crippen molar-refractivity contribution in [2.75, 3.05) is 19.6 Å². The molecular formula is C23H32Cl2N4O4. The molecule has 1 saturated heterocycles. The van der Waals surface area contributed by atoms with E-state index in [1.165, 1.54) is 0 Å². The molecule has 5 rings (SSSR count). The number of aromatic nitrogens is 2. The molecule has 2 aromatic rings. The Morgan fingerprint density at radius 3 is 2.76 bits per heavy atom. The second-order valence-corrected chi connectivity index (χ2v) is 9.20. The van der Waals surface area contributed by atoms with Gasteiger partial charge in [-0.1, -0.05) is 13.0 Å². The molecule has 4 heterocycles. The van der Waals surface area contributed by atoms with Crippen LogP contribution in [0, 0.1) is 23.7 Å². The summed E-state index contributed by atoms with van der Waals surface area (Å²) in [5, 5.41) is 24.3. The summed E-state index contributed by atoms with van der Waals surface area (Å²) in [6, 6.07) is 3.96. The van der Waals surface area contributed by atoms with Gasteiger partial charge in [0.05, 0.1) is 18.8 Å². The highest BCUT2D eigenvalue weighted by Gasteiger charge is 2.53. The molecule has 1 saturated carbocycles. The minimum absolute atomic E-state index is 0. The van der Waals surface area contributed by atoms with Crippen molar-refractivity contribution in [2.24, 2.45) is 23.7 Å². The minimum atomic E-state index is -0.874. The first-order chi connectivity index (χ1) is 15.0. The molecule has 33 heavy (non-hydrogen) atoms. The number of nitrogens with zero attached hydrogens (tertiary/aromatic N) is 3. The average Bonchev–Trinajstić information content (AvgIpc) is 3.43. The molecule has 2 fully saturated rings. The number of halogens is 2. The molecule has 0 unspecified atom stereocenters. The maximum Gasteiger partial charge on any atom is 0.226 e. The van der Waals surface area contributed by atoms with E-state index in [0.29, 0.717) is 44.9 Å². The molecule has 3 N–H and O–H groups in total. The fourth-order valence-corrected chi connectivity index (χ4v) is 5.62. The van der Waals surface area contributed by atoms with Crippen molar-refractivity contribution < 1.29 is 19.4 Å². The lowest BCUT2D eigenvalue weighted by Crippen LogP contribution is -2.56. The van der Waals surface area contributed by atoms with E-state index < -0.39 is 12.2 Å². The van der Waals surface area contributed by atoms with E-state index in [4.69, 9.17) is 4.42 Å². The third kappa shape index (κ3) is 4.91. The van der Waals surface area contributed by atoms with Crippen LogP contribution in [-0.2, 0) is 30.6 Å². The average molecular weight is 499 g/mol. The first-order valence-electron chi connectivity index (χ1n) is 11.2. The van der Waals surface area contributed by atoms with Crippen molar-refractivity contribution in [1.29, 1.82) is 0 Å². The first kappa shape index (κ1) is 25.9.